The number of ether oxygens (including phenoxy) is 1. The van der Waals surface area contributed by atoms with E-state index < -0.39 is 0 Å². The van der Waals surface area contributed by atoms with Crippen LogP contribution >= 0.6 is 0 Å². The molecule has 7 rings (SSSR count). The van der Waals surface area contributed by atoms with Gasteiger partial charge in [0.1, 0.15) is 5.60 Å². The monoisotopic (exact) mass is 365 g/mol. The van der Waals surface area contributed by atoms with Crippen molar-refractivity contribution in [3.8, 4) is 0 Å². The van der Waals surface area contributed by atoms with Crippen molar-refractivity contribution < 1.29 is 9.53 Å². The third-order valence-electron chi connectivity index (χ3n) is 10.7. The fraction of sp³-hybridized carbons (Fsp3) is 0.833. The Bertz CT molecular complexity index is 809. The van der Waals surface area contributed by atoms with E-state index in [0.717, 1.165) is 48.1 Å². The van der Waals surface area contributed by atoms with Crippen molar-refractivity contribution in [2.75, 3.05) is 0 Å². The van der Waals surface area contributed by atoms with Gasteiger partial charge in [-0.2, -0.15) is 0 Å². The number of rotatable bonds is 0. The number of hydrogen-bond acceptors (Lipinski definition) is 3. The van der Waals surface area contributed by atoms with Crippen LogP contribution < -0.4 is 0 Å². The maximum absolute atomic E-state index is 12.1. The number of esters is 1. The highest BCUT2D eigenvalue weighted by atomic mass is 16.6. The average Bonchev–Trinajstić information content (AvgIpc) is 3.54. The molecule has 5 saturated carbocycles. The summed E-state index contributed by atoms with van der Waals surface area (Å²) >= 11 is 0. The molecule has 144 valence electrons. The molecule has 0 aromatic heterocycles. The van der Waals surface area contributed by atoms with Gasteiger partial charge in [-0.1, -0.05) is 12.5 Å². The predicted octanol–water partition coefficient (Wildman–Crippen LogP) is 4.90. The molecular formula is C24H31NO2. The van der Waals surface area contributed by atoms with E-state index in [9.17, 15) is 4.79 Å². The van der Waals surface area contributed by atoms with Crippen molar-refractivity contribution in [1.82, 2.24) is 0 Å². The lowest BCUT2D eigenvalue weighted by atomic mass is 9.47. The second kappa shape index (κ2) is 4.54. The number of carbonyl (C=O) groups is 1. The van der Waals surface area contributed by atoms with Gasteiger partial charge in [-0.25, -0.2) is 0 Å². The summed E-state index contributed by atoms with van der Waals surface area (Å²) in [6, 6.07) is 0. The molecule has 5 unspecified atom stereocenters. The topological polar surface area (TPSA) is 50.2 Å². The molecular weight excluding hydrogens is 334 g/mol. The largest absolute Gasteiger partial charge is 0.458 e. The van der Waals surface area contributed by atoms with Crippen molar-refractivity contribution in [2.24, 2.45) is 46.3 Å². The summed E-state index contributed by atoms with van der Waals surface area (Å²) in [4.78, 5) is 12.1. The highest BCUT2D eigenvalue weighted by Crippen LogP contribution is 2.80. The zero-order valence-electron chi connectivity index (χ0n) is 16.4. The zero-order valence-corrected chi connectivity index (χ0v) is 16.4. The Morgan fingerprint density at radius 1 is 1.07 bits per heavy atom. The van der Waals surface area contributed by atoms with E-state index in [1.807, 2.05) is 0 Å². The fourth-order valence-corrected chi connectivity index (χ4v) is 9.51. The minimum atomic E-state index is -0.105. The SMILES string of the molecule is C[C@]12CCC3C(CC4(CC4)C4=CC(=N)CC[C@@H]43)C1C1CC1[C@@]21CCC(=O)O1. The maximum atomic E-state index is 12.1. The Labute approximate surface area is 161 Å². The highest BCUT2D eigenvalue weighted by Gasteiger charge is 2.79. The summed E-state index contributed by atoms with van der Waals surface area (Å²) in [7, 11) is 0. The van der Waals surface area contributed by atoms with Crippen molar-refractivity contribution in [3.05, 3.63) is 11.6 Å². The molecule has 7 aliphatic rings. The molecule has 27 heavy (non-hydrogen) atoms. The van der Waals surface area contributed by atoms with Crippen LogP contribution in [0.1, 0.15) is 71.1 Å². The lowest BCUT2D eigenvalue weighted by Crippen LogP contribution is -2.56. The zero-order chi connectivity index (χ0) is 18.2. The molecule has 6 aliphatic carbocycles. The van der Waals surface area contributed by atoms with Gasteiger partial charge in [0.05, 0.1) is 0 Å². The Hall–Kier alpha value is -1.12. The summed E-state index contributed by atoms with van der Waals surface area (Å²) < 4.78 is 6.23. The van der Waals surface area contributed by atoms with Crippen LogP contribution in [0.25, 0.3) is 0 Å². The number of carbonyl (C=O) groups excluding carboxylic acids is 1. The van der Waals surface area contributed by atoms with Crippen LogP contribution in [-0.2, 0) is 9.53 Å². The fourth-order valence-electron chi connectivity index (χ4n) is 9.51. The lowest BCUT2D eigenvalue weighted by molar-refractivity contribution is -0.175. The summed E-state index contributed by atoms with van der Waals surface area (Å²) in [6.07, 6.45) is 14.2. The van der Waals surface area contributed by atoms with Crippen LogP contribution in [0.2, 0.25) is 0 Å². The van der Waals surface area contributed by atoms with Crippen LogP contribution in [0, 0.1) is 51.7 Å². The normalized spacial score (nSPS) is 56.1. The van der Waals surface area contributed by atoms with Gasteiger partial charge in [-0.3, -0.25) is 4.79 Å². The Balaban J connectivity index is 1.31. The van der Waals surface area contributed by atoms with Gasteiger partial charge in [0.2, 0.25) is 0 Å². The molecule has 0 aromatic rings. The lowest BCUT2D eigenvalue weighted by Gasteiger charge is -2.58. The molecule has 0 aromatic carbocycles. The van der Waals surface area contributed by atoms with Crippen molar-refractivity contribution in [3.63, 3.8) is 0 Å². The number of allylic oxidation sites excluding steroid dienone is 2. The van der Waals surface area contributed by atoms with E-state index in [1.165, 1.54) is 44.9 Å². The Kier molecular flexibility index (Phi) is 2.65. The van der Waals surface area contributed by atoms with Gasteiger partial charge in [0.25, 0.3) is 0 Å². The third kappa shape index (κ3) is 1.69. The molecule has 8 atom stereocenters. The van der Waals surface area contributed by atoms with E-state index in [1.54, 1.807) is 5.57 Å². The molecule has 1 N–H and O–H groups in total. The van der Waals surface area contributed by atoms with Crippen molar-refractivity contribution in [2.45, 2.75) is 76.7 Å². The third-order valence-corrected chi connectivity index (χ3v) is 10.7. The first-order chi connectivity index (χ1) is 13.0. The second-order valence-corrected chi connectivity index (χ2v) is 11.4. The van der Waals surface area contributed by atoms with Crippen molar-refractivity contribution in [1.29, 1.82) is 5.41 Å². The summed E-state index contributed by atoms with van der Waals surface area (Å²) in [5.74, 6) is 4.79. The molecule has 0 bridgehead atoms. The van der Waals surface area contributed by atoms with Gasteiger partial charge < -0.3 is 10.1 Å². The first kappa shape index (κ1) is 15.8. The quantitative estimate of drug-likeness (QED) is 0.621. The number of hydrogen-bond donors (Lipinski definition) is 1. The molecule has 3 heteroatoms. The first-order valence-electron chi connectivity index (χ1n) is 11.5. The van der Waals surface area contributed by atoms with Crippen LogP contribution in [0.4, 0.5) is 0 Å². The van der Waals surface area contributed by atoms with Gasteiger partial charge in [0, 0.05) is 23.5 Å². The standard InChI is InChI=1S/C24H31NO2/c1-22-6-4-14-15-3-2-13(25)10-18(15)23(8-9-23)12-17(14)21(22)16-11-19(16)24(22)7-5-20(26)27-24/h10,14-17,19,21,25H,2-9,11-12H2,1H3/t14?,15-,16?,17?,19?,21?,22+,24+/m1/s1. The number of nitrogens with one attached hydrogen (secondary N) is 1. The Morgan fingerprint density at radius 3 is 2.67 bits per heavy atom. The van der Waals surface area contributed by atoms with Crippen LogP contribution in [-0.4, -0.2) is 17.3 Å². The van der Waals surface area contributed by atoms with Gasteiger partial charge in [0.15, 0.2) is 0 Å². The molecule has 2 spiro atoms. The second-order valence-electron chi connectivity index (χ2n) is 11.4. The van der Waals surface area contributed by atoms with E-state index in [0.29, 0.717) is 17.8 Å². The van der Waals surface area contributed by atoms with Gasteiger partial charge in [-0.05, 0) is 98.9 Å². The minimum Gasteiger partial charge on any atom is -0.458 e. The van der Waals surface area contributed by atoms with Crippen LogP contribution in [0.15, 0.2) is 11.6 Å². The van der Waals surface area contributed by atoms with Gasteiger partial charge in [-0.15, -0.1) is 0 Å². The average molecular weight is 366 g/mol. The molecule has 1 aliphatic heterocycles. The molecule has 0 radical (unpaired) electrons. The first-order valence-corrected chi connectivity index (χ1v) is 11.5. The smallest absolute Gasteiger partial charge is 0.306 e. The molecule has 1 heterocycles. The Morgan fingerprint density at radius 2 is 1.93 bits per heavy atom. The van der Waals surface area contributed by atoms with E-state index in [4.69, 9.17) is 10.1 Å². The van der Waals surface area contributed by atoms with E-state index in [-0.39, 0.29) is 17.0 Å². The van der Waals surface area contributed by atoms with Crippen LogP contribution in [0.3, 0.4) is 0 Å². The highest BCUT2D eigenvalue weighted by molar-refractivity contribution is 5.94. The predicted molar refractivity (Wildman–Crippen MR) is 102 cm³/mol. The van der Waals surface area contributed by atoms with Crippen molar-refractivity contribution >= 4 is 11.7 Å². The molecule has 1 saturated heterocycles. The summed E-state index contributed by atoms with van der Waals surface area (Å²) in [6.45, 7) is 2.51. The van der Waals surface area contributed by atoms with E-state index >= 15 is 0 Å². The molecule has 3 nitrogen and oxygen atoms in total. The minimum absolute atomic E-state index is 0.0722. The van der Waals surface area contributed by atoms with Gasteiger partial charge >= 0.3 is 5.97 Å². The molecule has 0 amide bonds. The number of fused-ring (bicyclic) bond motifs is 10. The van der Waals surface area contributed by atoms with E-state index in [2.05, 4.69) is 13.0 Å². The molecule has 6 fully saturated rings. The maximum Gasteiger partial charge on any atom is 0.306 e. The van der Waals surface area contributed by atoms with Crippen LogP contribution in [0.5, 0.6) is 0 Å². The summed E-state index contributed by atoms with van der Waals surface area (Å²) in [5.41, 5.74) is 3.16. The summed E-state index contributed by atoms with van der Waals surface area (Å²) in [5, 5.41) is 8.24.